The Bertz CT molecular complexity index is 2700. The number of benzene rings is 3. The first kappa shape index (κ1) is 44.7. The third kappa shape index (κ3) is 7.44. The minimum atomic E-state index is -1.31. The molecule has 0 bridgehead atoms. The van der Waals surface area contributed by atoms with E-state index in [4.69, 9.17) is 23.2 Å². The number of imidazole rings is 1. The Balaban J connectivity index is 0.765. The fraction of sp³-hybridized carbons (Fsp3) is 0.510. The summed E-state index contributed by atoms with van der Waals surface area (Å²) in [5.41, 5.74) is 1.62. The Labute approximate surface area is 391 Å². The average molecular weight is 942 g/mol. The van der Waals surface area contributed by atoms with Crippen molar-refractivity contribution in [1.82, 2.24) is 34.9 Å². The first-order valence-electron chi connectivity index (χ1n) is 23.5. The lowest BCUT2D eigenvalue weighted by Gasteiger charge is -2.47. The zero-order valence-electron chi connectivity index (χ0n) is 37.0. The minimum Gasteiger partial charge on any atom is -0.352 e. The fourth-order valence-electron chi connectivity index (χ4n) is 12.5. The quantitative estimate of drug-likeness (QED) is 0.161. The predicted molar refractivity (Wildman–Crippen MR) is 248 cm³/mol. The minimum absolute atomic E-state index is 0.0757. The van der Waals surface area contributed by atoms with E-state index in [-0.39, 0.29) is 64.7 Å². The van der Waals surface area contributed by atoms with Crippen LogP contribution in [0.15, 0.2) is 59.4 Å². The number of piperidine rings is 3. The predicted octanol–water partition coefficient (Wildman–Crippen LogP) is 5.79. The van der Waals surface area contributed by atoms with Gasteiger partial charge in [0.1, 0.15) is 17.3 Å². The number of aromatic nitrogens is 2. The maximum Gasteiger partial charge on any atom is 0.329 e. The van der Waals surface area contributed by atoms with Gasteiger partial charge >= 0.3 is 5.69 Å². The number of aryl methyl sites for hydroxylation is 1. The molecule has 4 aromatic rings. The van der Waals surface area contributed by atoms with E-state index >= 15 is 4.39 Å². The van der Waals surface area contributed by atoms with Gasteiger partial charge in [0.25, 0.3) is 0 Å². The molecule has 3 aromatic carbocycles. The molecule has 1 aromatic heterocycles. The monoisotopic (exact) mass is 940 g/mol. The van der Waals surface area contributed by atoms with Crippen molar-refractivity contribution in [1.29, 1.82) is 0 Å². The summed E-state index contributed by atoms with van der Waals surface area (Å²) in [5, 5.41) is 12.8. The van der Waals surface area contributed by atoms with Crippen molar-refractivity contribution in [2.24, 2.45) is 7.05 Å². The highest BCUT2D eigenvalue weighted by Gasteiger charge is 2.72. The third-order valence-corrected chi connectivity index (χ3v) is 16.4. The molecule has 4 saturated heterocycles. The van der Waals surface area contributed by atoms with E-state index in [9.17, 15) is 28.8 Å². The van der Waals surface area contributed by atoms with Gasteiger partial charge in [-0.05, 0) is 111 Å². The Hall–Kier alpha value is -5.09. The number of halogens is 3. The Kier molecular flexibility index (Phi) is 11.9. The standard InChI is InChI=1S/C49H55Cl2FN8O6/c1-57-38-26-29(8-11-36(38)60(47(57)66)37-12-13-39(61)55-44(37)63)28-14-21-58(22-15-28)23-18-40(62)59-24-16-31(17-25-59)53-45(64)43-41(32-6-5-7-34(51)42(32)52)49(48(56-43)19-3-2-4-20-48)33-10-9-30(50)27-35(33)54-46(49)65/h5-11,26-28,31,37,41,43,56H,2-4,12-25H2,1H3,(H,53,64)(H,54,65)(H,55,61,63)/t37?,41-,43+,49+/m0/s1. The molecule has 348 valence electrons. The Morgan fingerprint density at radius 2 is 1.62 bits per heavy atom. The highest BCUT2D eigenvalue weighted by atomic mass is 35.5. The SMILES string of the molecule is Cn1c(=O)n(C2CCC(=O)NC2=O)c2ccc(C3CCN(CCC(=O)N4CCC(NC(=O)[C@@H]5NC6(CCCCC6)[C@@]6(C(=O)Nc7cc(Cl)ccc76)[C@H]5c5cccc(Cl)c5F)CC4)CC3)cc21. The van der Waals surface area contributed by atoms with Crippen LogP contribution in [0.25, 0.3) is 11.0 Å². The van der Waals surface area contributed by atoms with Gasteiger partial charge in [-0.3, -0.25) is 43.7 Å². The normalized spacial score (nSPS) is 26.0. The smallest absolute Gasteiger partial charge is 0.329 e. The molecule has 1 unspecified atom stereocenters. The Morgan fingerprint density at radius 1 is 0.864 bits per heavy atom. The number of fused-ring (bicyclic) bond motifs is 4. The van der Waals surface area contributed by atoms with E-state index in [0.717, 1.165) is 56.3 Å². The van der Waals surface area contributed by atoms with Crippen LogP contribution < -0.4 is 27.0 Å². The molecule has 5 amide bonds. The second kappa shape index (κ2) is 17.5. The van der Waals surface area contributed by atoms with Gasteiger partial charge in [-0.15, -0.1) is 0 Å². The van der Waals surface area contributed by atoms with Crippen molar-refractivity contribution in [2.75, 3.05) is 38.0 Å². The summed E-state index contributed by atoms with van der Waals surface area (Å²) >= 11 is 12.8. The summed E-state index contributed by atoms with van der Waals surface area (Å²) in [7, 11) is 1.71. The van der Waals surface area contributed by atoms with E-state index < -0.39 is 40.7 Å². The van der Waals surface area contributed by atoms with Gasteiger partial charge in [0.15, 0.2) is 0 Å². The number of anilines is 1. The van der Waals surface area contributed by atoms with Crippen LogP contribution in [0.4, 0.5) is 10.1 Å². The average Bonchev–Trinajstić information content (AvgIpc) is 3.87. The number of hydrogen-bond donors (Lipinski definition) is 4. The molecule has 4 atom stereocenters. The van der Waals surface area contributed by atoms with Crippen molar-refractivity contribution < 1.29 is 28.4 Å². The van der Waals surface area contributed by atoms with Crippen molar-refractivity contribution in [3.8, 4) is 0 Å². The van der Waals surface area contributed by atoms with Crippen molar-refractivity contribution in [2.45, 2.75) is 118 Å². The number of imide groups is 1. The van der Waals surface area contributed by atoms with Gasteiger partial charge in [-0.2, -0.15) is 0 Å². The number of amides is 5. The van der Waals surface area contributed by atoms with Crippen LogP contribution in [0.2, 0.25) is 10.0 Å². The van der Waals surface area contributed by atoms with E-state index in [1.165, 1.54) is 10.6 Å². The molecule has 14 nitrogen and oxygen atoms in total. The molecular weight excluding hydrogens is 886 g/mol. The van der Waals surface area contributed by atoms with Crippen LogP contribution in [0.3, 0.4) is 0 Å². The Morgan fingerprint density at radius 3 is 2.36 bits per heavy atom. The van der Waals surface area contributed by atoms with E-state index in [1.807, 2.05) is 29.2 Å². The first-order chi connectivity index (χ1) is 31.8. The molecule has 6 heterocycles. The molecule has 2 spiro atoms. The lowest BCUT2D eigenvalue weighted by atomic mass is 9.55. The van der Waals surface area contributed by atoms with Crippen molar-refractivity contribution >= 4 is 69.5 Å². The first-order valence-corrected chi connectivity index (χ1v) is 24.2. The lowest BCUT2D eigenvalue weighted by molar-refractivity contribution is -0.136. The lowest BCUT2D eigenvalue weighted by Crippen LogP contribution is -2.60. The fourth-order valence-corrected chi connectivity index (χ4v) is 12.9. The van der Waals surface area contributed by atoms with Gasteiger partial charge in [0, 0.05) is 67.7 Å². The van der Waals surface area contributed by atoms with E-state index in [1.54, 1.807) is 35.9 Å². The molecular formula is C49H55Cl2FN8O6. The summed E-state index contributed by atoms with van der Waals surface area (Å²) in [4.78, 5) is 84.8. The highest BCUT2D eigenvalue weighted by Crippen LogP contribution is 2.63. The number of nitrogens with one attached hydrogen (secondary N) is 4. The topological polar surface area (TPSA) is 167 Å². The summed E-state index contributed by atoms with van der Waals surface area (Å²) in [6, 6.07) is 14.2. The number of carbonyl (C=O) groups is 5. The molecule has 10 rings (SSSR count). The molecule has 5 fully saturated rings. The van der Waals surface area contributed by atoms with Crippen LogP contribution >= 0.6 is 23.2 Å². The number of hydrogen-bond acceptors (Lipinski definition) is 8. The summed E-state index contributed by atoms with van der Waals surface area (Å²) in [6.07, 6.45) is 7.76. The maximum atomic E-state index is 16.3. The second-order valence-electron chi connectivity index (χ2n) is 19.3. The molecule has 6 aliphatic rings. The van der Waals surface area contributed by atoms with Gasteiger partial charge in [-0.25, -0.2) is 9.18 Å². The largest absolute Gasteiger partial charge is 0.352 e. The van der Waals surface area contributed by atoms with Crippen LogP contribution in [-0.4, -0.2) is 98.8 Å². The highest BCUT2D eigenvalue weighted by molar-refractivity contribution is 6.31. The van der Waals surface area contributed by atoms with E-state index in [2.05, 4.69) is 26.2 Å². The van der Waals surface area contributed by atoms with Crippen LogP contribution in [0, 0.1) is 5.82 Å². The van der Waals surface area contributed by atoms with Crippen molar-refractivity contribution in [3.05, 3.63) is 97.6 Å². The van der Waals surface area contributed by atoms with E-state index in [0.29, 0.717) is 73.5 Å². The van der Waals surface area contributed by atoms with Gasteiger partial charge in [0.05, 0.1) is 22.1 Å². The molecule has 1 aliphatic carbocycles. The number of carbonyl (C=O) groups excluding carboxylic acids is 5. The summed E-state index contributed by atoms with van der Waals surface area (Å²) in [6.45, 7) is 3.30. The zero-order chi connectivity index (χ0) is 46.1. The maximum absolute atomic E-state index is 16.3. The zero-order valence-corrected chi connectivity index (χ0v) is 38.5. The van der Waals surface area contributed by atoms with Crippen LogP contribution in [0.5, 0.6) is 0 Å². The summed E-state index contributed by atoms with van der Waals surface area (Å²) in [5.74, 6) is -2.56. The van der Waals surface area contributed by atoms with Gasteiger partial charge < -0.3 is 20.4 Å². The molecule has 5 aliphatic heterocycles. The van der Waals surface area contributed by atoms with Crippen LogP contribution in [-0.2, 0) is 36.4 Å². The molecule has 4 N–H and O–H groups in total. The molecule has 17 heteroatoms. The molecule has 0 radical (unpaired) electrons. The van der Waals surface area contributed by atoms with Crippen molar-refractivity contribution in [3.63, 3.8) is 0 Å². The third-order valence-electron chi connectivity index (χ3n) is 15.8. The molecule has 1 saturated carbocycles. The number of nitrogens with zero attached hydrogens (tertiary/aromatic N) is 4. The molecule has 66 heavy (non-hydrogen) atoms. The number of rotatable bonds is 8. The van der Waals surface area contributed by atoms with Gasteiger partial charge in [-0.1, -0.05) is 66.7 Å². The summed E-state index contributed by atoms with van der Waals surface area (Å²) < 4.78 is 19.4. The number of likely N-dealkylation sites (tertiary alicyclic amines) is 2. The second-order valence-corrected chi connectivity index (χ2v) is 20.1. The van der Waals surface area contributed by atoms with Crippen LogP contribution in [0.1, 0.15) is 112 Å². The van der Waals surface area contributed by atoms with Gasteiger partial charge in [0.2, 0.25) is 29.5 Å².